The number of amides is 1. The smallest absolute Gasteiger partial charge is 0.256 e. The lowest BCUT2D eigenvalue weighted by atomic mass is 10.0. The number of nitrogens with zero attached hydrogens (tertiary/aromatic N) is 3. The van der Waals surface area contributed by atoms with Crippen LogP contribution < -0.4 is 5.32 Å². The Morgan fingerprint density at radius 3 is 2.59 bits per heavy atom. The first-order valence-corrected chi connectivity index (χ1v) is 8.02. The summed E-state index contributed by atoms with van der Waals surface area (Å²) in [5.74, 6) is 0.124. The molecule has 0 spiro atoms. The number of halogens is 1. The summed E-state index contributed by atoms with van der Waals surface area (Å²) < 4.78 is 0. The Balaban J connectivity index is 0.00000242. The molecule has 124 valence electrons. The second-order valence-corrected chi connectivity index (χ2v) is 5.68. The predicted octanol–water partition coefficient (Wildman–Crippen LogP) is 2.37. The molecular weight excluding hydrogens is 300 g/mol. The molecule has 0 aromatic carbocycles. The Morgan fingerprint density at radius 1 is 1.32 bits per heavy atom. The Morgan fingerprint density at radius 2 is 2.00 bits per heavy atom. The molecule has 5 nitrogen and oxygen atoms in total. The van der Waals surface area contributed by atoms with Crippen LogP contribution in [0, 0.1) is 6.92 Å². The van der Waals surface area contributed by atoms with E-state index in [9.17, 15) is 4.79 Å². The van der Waals surface area contributed by atoms with E-state index in [1.807, 2.05) is 19.9 Å². The summed E-state index contributed by atoms with van der Waals surface area (Å²) in [5.41, 5.74) is 2.34. The first-order valence-electron chi connectivity index (χ1n) is 8.02. The van der Waals surface area contributed by atoms with Gasteiger partial charge in [0.15, 0.2) is 0 Å². The van der Waals surface area contributed by atoms with Gasteiger partial charge < -0.3 is 10.2 Å². The van der Waals surface area contributed by atoms with Gasteiger partial charge in [-0.2, -0.15) is 10.2 Å². The van der Waals surface area contributed by atoms with Crippen LogP contribution in [0.15, 0.2) is 6.07 Å². The predicted molar refractivity (Wildman–Crippen MR) is 90.6 cm³/mol. The molecule has 0 atom stereocenters. The average molecular weight is 327 g/mol. The van der Waals surface area contributed by atoms with Crippen molar-refractivity contribution < 1.29 is 4.79 Å². The van der Waals surface area contributed by atoms with Crippen molar-refractivity contribution in [1.82, 2.24) is 20.4 Å². The highest BCUT2D eigenvalue weighted by Crippen LogP contribution is 2.18. The molecule has 1 fully saturated rings. The minimum Gasteiger partial charge on any atom is -0.336 e. The number of aromatic nitrogens is 2. The highest BCUT2D eigenvalue weighted by molar-refractivity contribution is 5.95. The van der Waals surface area contributed by atoms with E-state index < -0.39 is 0 Å². The zero-order valence-electron chi connectivity index (χ0n) is 13.8. The van der Waals surface area contributed by atoms with E-state index in [0.29, 0.717) is 6.04 Å². The molecule has 1 aliphatic heterocycles. The molecule has 1 aliphatic rings. The van der Waals surface area contributed by atoms with Crippen molar-refractivity contribution in [2.24, 2.45) is 0 Å². The fourth-order valence-electron chi connectivity index (χ4n) is 2.92. The first kappa shape index (κ1) is 18.8. The van der Waals surface area contributed by atoms with Crippen LogP contribution in [-0.2, 0) is 6.42 Å². The molecule has 0 saturated carbocycles. The number of carbonyl (C=O) groups excluding carboxylic acids is 1. The average Bonchev–Trinajstić information content (AvgIpc) is 2.52. The van der Waals surface area contributed by atoms with E-state index in [1.165, 1.54) is 0 Å². The number of hydrogen-bond donors (Lipinski definition) is 1. The summed E-state index contributed by atoms with van der Waals surface area (Å²) >= 11 is 0. The number of rotatable bonds is 5. The second kappa shape index (κ2) is 9.06. The Kier molecular flexibility index (Phi) is 7.76. The van der Waals surface area contributed by atoms with Crippen molar-refractivity contribution in [3.8, 4) is 0 Å². The molecule has 1 N–H and O–H groups in total. The van der Waals surface area contributed by atoms with E-state index in [2.05, 4.69) is 27.3 Å². The van der Waals surface area contributed by atoms with Crippen LogP contribution >= 0.6 is 12.4 Å². The number of hydrogen-bond acceptors (Lipinski definition) is 4. The summed E-state index contributed by atoms with van der Waals surface area (Å²) in [6.07, 6.45) is 3.78. The van der Waals surface area contributed by atoms with Crippen molar-refractivity contribution in [1.29, 1.82) is 0 Å². The van der Waals surface area contributed by atoms with Crippen LogP contribution in [0.25, 0.3) is 0 Å². The van der Waals surface area contributed by atoms with Gasteiger partial charge in [0.05, 0.1) is 17.0 Å². The zero-order valence-corrected chi connectivity index (χ0v) is 14.6. The molecule has 1 amide bonds. The van der Waals surface area contributed by atoms with E-state index in [0.717, 1.165) is 62.3 Å². The summed E-state index contributed by atoms with van der Waals surface area (Å²) in [6, 6.07) is 2.23. The molecule has 1 aromatic heterocycles. The Hall–Kier alpha value is -1.20. The topological polar surface area (TPSA) is 58.1 Å². The lowest BCUT2D eigenvalue weighted by Crippen LogP contribution is -2.46. The number of nitrogens with one attached hydrogen (secondary N) is 1. The van der Waals surface area contributed by atoms with Crippen LogP contribution in [-0.4, -0.2) is 46.7 Å². The van der Waals surface area contributed by atoms with Gasteiger partial charge in [0, 0.05) is 12.6 Å². The van der Waals surface area contributed by atoms with Crippen LogP contribution in [0.5, 0.6) is 0 Å². The summed E-state index contributed by atoms with van der Waals surface area (Å²) in [4.78, 5) is 15.1. The number of piperidine rings is 1. The minimum atomic E-state index is 0. The minimum absolute atomic E-state index is 0. The molecule has 0 radical (unpaired) electrons. The van der Waals surface area contributed by atoms with Crippen molar-refractivity contribution in [3.05, 3.63) is 23.0 Å². The third kappa shape index (κ3) is 4.40. The first-order chi connectivity index (χ1) is 10.2. The van der Waals surface area contributed by atoms with Gasteiger partial charge in [-0.3, -0.25) is 4.79 Å². The molecule has 0 aliphatic carbocycles. The number of aryl methyl sites for hydroxylation is 2. The van der Waals surface area contributed by atoms with Crippen molar-refractivity contribution in [2.45, 2.75) is 52.5 Å². The zero-order chi connectivity index (χ0) is 15.2. The monoisotopic (exact) mass is 326 g/mol. The molecule has 0 bridgehead atoms. The van der Waals surface area contributed by atoms with Gasteiger partial charge in [0.1, 0.15) is 0 Å². The molecule has 1 saturated heterocycles. The fourth-order valence-corrected chi connectivity index (χ4v) is 2.92. The quantitative estimate of drug-likeness (QED) is 0.902. The van der Waals surface area contributed by atoms with Crippen LogP contribution in [0.4, 0.5) is 0 Å². The van der Waals surface area contributed by atoms with E-state index in [-0.39, 0.29) is 18.3 Å². The molecule has 0 unspecified atom stereocenters. The van der Waals surface area contributed by atoms with Gasteiger partial charge in [-0.1, -0.05) is 13.8 Å². The lowest BCUT2D eigenvalue weighted by Gasteiger charge is -2.35. The highest BCUT2D eigenvalue weighted by atomic mass is 35.5. The summed E-state index contributed by atoms with van der Waals surface area (Å²) in [5, 5.41) is 11.6. The maximum absolute atomic E-state index is 13.0. The van der Waals surface area contributed by atoms with E-state index in [1.54, 1.807) is 0 Å². The van der Waals surface area contributed by atoms with Crippen LogP contribution in [0.2, 0.25) is 0 Å². The normalized spacial score (nSPS) is 15.2. The second-order valence-electron chi connectivity index (χ2n) is 5.68. The van der Waals surface area contributed by atoms with Gasteiger partial charge in [-0.15, -0.1) is 12.4 Å². The molecule has 22 heavy (non-hydrogen) atoms. The molecular formula is C16H27ClN4O. The Labute approximate surface area is 139 Å². The van der Waals surface area contributed by atoms with Gasteiger partial charge in [-0.05, 0) is 51.8 Å². The van der Waals surface area contributed by atoms with Gasteiger partial charge >= 0.3 is 0 Å². The lowest BCUT2D eigenvalue weighted by molar-refractivity contribution is 0.0640. The third-order valence-corrected chi connectivity index (χ3v) is 4.03. The van der Waals surface area contributed by atoms with Gasteiger partial charge in [0.2, 0.25) is 0 Å². The summed E-state index contributed by atoms with van der Waals surface area (Å²) in [7, 11) is 0. The number of carbonyl (C=O) groups is 1. The largest absolute Gasteiger partial charge is 0.336 e. The molecule has 2 rings (SSSR count). The SMILES string of the molecule is CCCN(C(=O)c1cc(C)nnc1CC)C1CCNCC1.Cl. The highest BCUT2D eigenvalue weighted by Gasteiger charge is 2.27. The van der Waals surface area contributed by atoms with E-state index in [4.69, 9.17) is 0 Å². The van der Waals surface area contributed by atoms with E-state index >= 15 is 0 Å². The third-order valence-electron chi connectivity index (χ3n) is 4.03. The molecule has 1 aromatic rings. The van der Waals surface area contributed by atoms with Gasteiger partial charge in [-0.25, -0.2) is 0 Å². The van der Waals surface area contributed by atoms with Crippen molar-refractivity contribution >= 4 is 18.3 Å². The maximum atomic E-state index is 13.0. The fraction of sp³-hybridized carbons (Fsp3) is 0.688. The standard InChI is InChI=1S/C16H26N4O.ClH/c1-4-10-20(13-6-8-17-9-7-13)16(21)14-11-12(3)18-19-15(14)5-2;/h11,13,17H,4-10H2,1-3H3;1H. The van der Waals surface area contributed by atoms with Crippen LogP contribution in [0.1, 0.15) is 54.9 Å². The van der Waals surface area contributed by atoms with Crippen molar-refractivity contribution in [3.63, 3.8) is 0 Å². The van der Waals surface area contributed by atoms with Crippen LogP contribution in [0.3, 0.4) is 0 Å². The van der Waals surface area contributed by atoms with Gasteiger partial charge in [0.25, 0.3) is 5.91 Å². The summed E-state index contributed by atoms with van der Waals surface area (Å²) in [6.45, 7) is 8.83. The molecule has 6 heteroatoms. The maximum Gasteiger partial charge on any atom is 0.256 e. The Bertz CT molecular complexity index is 489. The van der Waals surface area contributed by atoms with Crippen molar-refractivity contribution in [2.75, 3.05) is 19.6 Å². The molecule has 2 heterocycles.